The van der Waals surface area contributed by atoms with Crippen molar-refractivity contribution < 1.29 is 14.6 Å². The zero-order valence-electron chi connectivity index (χ0n) is 11.6. The first-order valence-electron chi connectivity index (χ1n) is 5.93. The summed E-state index contributed by atoms with van der Waals surface area (Å²) in [5, 5.41) is 20.5. The molecule has 0 radical (unpaired) electrons. The maximum absolute atomic E-state index is 10.4. The van der Waals surface area contributed by atoms with Gasteiger partial charge in [-0.05, 0) is 18.2 Å². The molecule has 2 rings (SSSR count). The fourth-order valence-corrected chi connectivity index (χ4v) is 1.46. The van der Waals surface area contributed by atoms with Crippen LogP contribution in [0.3, 0.4) is 0 Å². The van der Waals surface area contributed by atoms with Crippen LogP contribution >= 0.6 is 0 Å². The number of nitrogens with zero attached hydrogens (tertiary/aromatic N) is 2. The quantitative estimate of drug-likeness (QED) is 0.502. The predicted octanol–water partition coefficient (Wildman–Crippen LogP) is 2.36. The zero-order chi connectivity index (χ0) is 16.7. The van der Waals surface area contributed by atoms with Crippen molar-refractivity contribution in [2.24, 2.45) is 0 Å². The second-order valence-corrected chi connectivity index (χ2v) is 4.00. The number of nitrogens with two attached hydrogens (primary N) is 2. The van der Waals surface area contributed by atoms with Crippen molar-refractivity contribution in [3.05, 3.63) is 62.7 Å². The van der Waals surface area contributed by atoms with E-state index in [1.54, 1.807) is 18.2 Å². The minimum atomic E-state index is -0.544. The molecule has 0 atom stereocenters. The topological polar surface area (TPSA) is 148 Å². The number of nitrogen functional groups attached to an aromatic ring is 2. The van der Waals surface area contributed by atoms with Gasteiger partial charge in [-0.1, -0.05) is 12.1 Å². The van der Waals surface area contributed by atoms with E-state index in [0.29, 0.717) is 5.75 Å². The minimum absolute atomic E-state index is 0.0394. The normalized spacial score (nSPS) is 9.32. The number of para-hydroxylation sites is 2. The monoisotopic (exact) mass is 306 g/mol. The van der Waals surface area contributed by atoms with Crippen LogP contribution in [0.25, 0.3) is 0 Å². The number of hydrogen-bond acceptors (Lipinski definition) is 7. The Morgan fingerprint density at radius 3 is 1.91 bits per heavy atom. The average Bonchev–Trinajstić information content (AvgIpc) is 2.48. The summed E-state index contributed by atoms with van der Waals surface area (Å²) in [4.78, 5) is 19.5. The van der Waals surface area contributed by atoms with Gasteiger partial charge in [0.1, 0.15) is 17.1 Å². The van der Waals surface area contributed by atoms with Gasteiger partial charge in [0.05, 0.1) is 23.0 Å². The van der Waals surface area contributed by atoms with Crippen LogP contribution in [-0.2, 0) is 0 Å². The molecule has 2 aromatic rings. The van der Waals surface area contributed by atoms with Crippen LogP contribution in [0.2, 0.25) is 0 Å². The Hall–Kier alpha value is -3.36. The molecule has 9 heteroatoms. The molecule has 116 valence electrons. The Labute approximate surface area is 125 Å². The number of nitro groups is 2. The summed E-state index contributed by atoms with van der Waals surface area (Å²) in [5.74, 6) is 0.427. The van der Waals surface area contributed by atoms with Gasteiger partial charge in [0.2, 0.25) is 0 Å². The van der Waals surface area contributed by atoms with E-state index >= 15 is 0 Å². The van der Waals surface area contributed by atoms with Crippen LogP contribution in [0.5, 0.6) is 5.75 Å². The van der Waals surface area contributed by atoms with Gasteiger partial charge in [0, 0.05) is 6.07 Å². The lowest BCUT2D eigenvalue weighted by molar-refractivity contribution is -0.384. The maximum Gasteiger partial charge on any atom is 0.295 e. The highest BCUT2D eigenvalue weighted by Gasteiger charge is 2.11. The summed E-state index contributed by atoms with van der Waals surface area (Å²) in [7, 11) is 1.44. The molecule has 4 N–H and O–H groups in total. The van der Waals surface area contributed by atoms with Gasteiger partial charge in [-0.25, -0.2) is 0 Å². The van der Waals surface area contributed by atoms with Gasteiger partial charge in [0.25, 0.3) is 11.4 Å². The molecule has 0 saturated carbocycles. The van der Waals surface area contributed by atoms with E-state index in [0.717, 1.165) is 0 Å². The molecule has 0 heterocycles. The fraction of sp³-hybridized carbons (Fsp3) is 0.0769. The number of anilines is 2. The molecule has 2 aromatic carbocycles. The number of rotatable bonds is 3. The van der Waals surface area contributed by atoms with Crippen LogP contribution in [0, 0.1) is 20.2 Å². The van der Waals surface area contributed by atoms with Gasteiger partial charge in [-0.2, -0.15) is 0 Å². The molecule has 0 saturated heterocycles. The average molecular weight is 306 g/mol. The highest BCUT2D eigenvalue weighted by Crippen LogP contribution is 2.25. The van der Waals surface area contributed by atoms with Gasteiger partial charge in [-0.3, -0.25) is 20.2 Å². The van der Waals surface area contributed by atoms with Crippen LogP contribution in [0.15, 0.2) is 42.5 Å². The summed E-state index contributed by atoms with van der Waals surface area (Å²) in [5.41, 5.74) is 10.8. The van der Waals surface area contributed by atoms with E-state index in [4.69, 9.17) is 16.2 Å². The van der Waals surface area contributed by atoms with Crippen molar-refractivity contribution in [1.29, 1.82) is 0 Å². The van der Waals surface area contributed by atoms with E-state index < -0.39 is 9.85 Å². The fourth-order valence-electron chi connectivity index (χ4n) is 1.46. The Bertz CT molecular complexity index is 690. The molecule has 0 amide bonds. The molecule has 0 unspecified atom stereocenters. The number of benzene rings is 2. The third kappa shape index (κ3) is 4.34. The van der Waals surface area contributed by atoms with Crippen LogP contribution in [-0.4, -0.2) is 17.0 Å². The van der Waals surface area contributed by atoms with Crippen molar-refractivity contribution in [2.75, 3.05) is 18.6 Å². The van der Waals surface area contributed by atoms with Gasteiger partial charge < -0.3 is 16.2 Å². The molecule has 0 aromatic heterocycles. The van der Waals surface area contributed by atoms with E-state index in [9.17, 15) is 20.2 Å². The Balaban J connectivity index is 0.000000224. The van der Waals surface area contributed by atoms with Crippen molar-refractivity contribution in [3.63, 3.8) is 0 Å². The lowest BCUT2D eigenvalue weighted by atomic mass is 10.2. The van der Waals surface area contributed by atoms with Gasteiger partial charge in [0.15, 0.2) is 0 Å². The van der Waals surface area contributed by atoms with Crippen LogP contribution < -0.4 is 16.2 Å². The van der Waals surface area contributed by atoms with Crippen LogP contribution in [0.1, 0.15) is 0 Å². The zero-order valence-corrected chi connectivity index (χ0v) is 11.6. The van der Waals surface area contributed by atoms with Gasteiger partial charge in [-0.15, -0.1) is 0 Å². The summed E-state index contributed by atoms with van der Waals surface area (Å²) < 4.78 is 4.80. The first-order valence-corrected chi connectivity index (χ1v) is 5.93. The van der Waals surface area contributed by atoms with E-state index in [2.05, 4.69) is 0 Å². The first-order chi connectivity index (χ1) is 10.4. The summed E-state index contributed by atoms with van der Waals surface area (Å²) in [6.45, 7) is 0. The van der Waals surface area contributed by atoms with Crippen molar-refractivity contribution in [2.45, 2.75) is 0 Å². The van der Waals surface area contributed by atoms with Crippen molar-refractivity contribution >= 4 is 22.7 Å². The third-order valence-electron chi connectivity index (χ3n) is 2.57. The molecule has 0 aliphatic rings. The van der Waals surface area contributed by atoms with Crippen molar-refractivity contribution in [1.82, 2.24) is 0 Å². The Kier molecular flexibility index (Phi) is 5.64. The largest absolute Gasteiger partial charge is 0.496 e. The molecule has 0 aliphatic heterocycles. The van der Waals surface area contributed by atoms with E-state index in [-0.39, 0.29) is 22.7 Å². The van der Waals surface area contributed by atoms with E-state index in [1.807, 2.05) is 0 Å². The third-order valence-corrected chi connectivity index (χ3v) is 2.57. The molecule has 0 fully saturated rings. The number of nitro benzene ring substituents is 2. The van der Waals surface area contributed by atoms with Crippen LogP contribution in [0.4, 0.5) is 22.7 Å². The maximum atomic E-state index is 10.4. The summed E-state index contributed by atoms with van der Waals surface area (Å²) in [6.07, 6.45) is 0. The van der Waals surface area contributed by atoms with Crippen molar-refractivity contribution in [3.8, 4) is 5.75 Å². The molecule has 9 nitrogen and oxygen atoms in total. The Morgan fingerprint density at radius 2 is 1.45 bits per heavy atom. The predicted molar refractivity (Wildman–Crippen MR) is 81.6 cm³/mol. The molecule has 0 spiro atoms. The first kappa shape index (κ1) is 16.7. The highest BCUT2D eigenvalue weighted by molar-refractivity contribution is 5.60. The van der Waals surface area contributed by atoms with E-state index in [1.165, 1.54) is 31.4 Å². The summed E-state index contributed by atoms with van der Waals surface area (Å²) in [6, 6.07) is 10.4. The SMILES string of the molecule is COc1ccc(N)c([N+](=O)[O-])c1.Nc1ccccc1[N+](=O)[O-]. The lowest BCUT2D eigenvalue weighted by Crippen LogP contribution is -1.95. The second-order valence-electron chi connectivity index (χ2n) is 4.00. The summed E-state index contributed by atoms with van der Waals surface area (Å²) >= 11 is 0. The molecular formula is C13H14N4O5. The van der Waals surface area contributed by atoms with Gasteiger partial charge >= 0.3 is 0 Å². The molecular weight excluding hydrogens is 292 g/mol. The number of methoxy groups -OCH3 is 1. The molecule has 0 bridgehead atoms. The number of ether oxygens (including phenoxy) is 1. The Morgan fingerprint density at radius 1 is 0.909 bits per heavy atom. The highest BCUT2D eigenvalue weighted by atomic mass is 16.6. The second kappa shape index (κ2) is 7.43. The molecule has 0 aliphatic carbocycles. The standard InChI is InChI=1S/C7H8N2O3.C6H6N2O2/c1-12-5-2-3-6(8)7(4-5)9(10)11;7-5-3-1-2-4-6(5)8(9)10/h2-4H,8H2,1H3;1-4H,7H2. The number of hydrogen-bond donors (Lipinski definition) is 2. The molecule has 22 heavy (non-hydrogen) atoms. The minimum Gasteiger partial charge on any atom is -0.496 e. The lowest BCUT2D eigenvalue weighted by Gasteiger charge is -2.00. The smallest absolute Gasteiger partial charge is 0.295 e.